The zero-order valence-electron chi connectivity index (χ0n) is 17.9. The van der Waals surface area contributed by atoms with Gasteiger partial charge >= 0.3 is 0 Å². The van der Waals surface area contributed by atoms with E-state index in [1.807, 2.05) is 6.92 Å². The molecule has 0 aliphatic heterocycles. The number of hydrogen-bond donors (Lipinski definition) is 3. The van der Waals surface area contributed by atoms with Crippen LogP contribution in [0, 0.1) is 22.9 Å². The lowest BCUT2D eigenvalue weighted by Crippen LogP contribution is -2.23. The minimum atomic E-state index is -0.762. The second-order valence-corrected chi connectivity index (χ2v) is 8.44. The van der Waals surface area contributed by atoms with Crippen molar-refractivity contribution in [2.45, 2.75) is 26.3 Å². The van der Waals surface area contributed by atoms with Crippen LogP contribution in [0.5, 0.6) is 0 Å². The van der Waals surface area contributed by atoms with Crippen molar-refractivity contribution in [3.8, 4) is 11.5 Å². The second kappa shape index (κ2) is 7.68. The van der Waals surface area contributed by atoms with Crippen molar-refractivity contribution >= 4 is 34.3 Å². The number of aromatic nitrogens is 5. The highest BCUT2D eigenvalue weighted by Gasteiger charge is 2.45. The zero-order valence-corrected chi connectivity index (χ0v) is 17.9. The summed E-state index contributed by atoms with van der Waals surface area (Å²) in [5.41, 5.74) is 11.7. The van der Waals surface area contributed by atoms with Crippen LogP contribution in [0.1, 0.15) is 25.3 Å². The highest BCUT2D eigenvalue weighted by atomic mass is 19.1. The maximum Gasteiger partial charge on any atom is 0.230 e. The molecule has 0 spiro atoms. The van der Waals surface area contributed by atoms with Crippen LogP contribution in [0.2, 0.25) is 0 Å². The number of benzene rings is 1. The summed E-state index contributed by atoms with van der Waals surface area (Å²) in [6.07, 6.45) is 2.47. The Morgan fingerprint density at radius 1 is 1.15 bits per heavy atom. The van der Waals surface area contributed by atoms with Crippen molar-refractivity contribution in [3.63, 3.8) is 0 Å². The van der Waals surface area contributed by atoms with Gasteiger partial charge in [0.1, 0.15) is 28.8 Å². The number of carbonyl (C=O) groups excluding carboxylic acids is 1. The van der Waals surface area contributed by atoms with Gasteiger partial charge in [-0.25, -0.2) is 32.8 Å². The maximum absolute atomic E-state index is 14.2. The van der Waals surface area contributed by atoms with E-state index in [0.29, 0.717) is 0 Å². The van der Waals surface area contributed by atoms with Crippen LogP contribution < -0.4 is 16.8 Å². The first-order chi connectivity index (χ1) is 16.2. The first-order valence-corrected chi connectivity index (χ1v) is 10.4. The van der Waals surface area contributed by atoms with Gasteiger partial charge in [-0.3, -0.25) is 4.79 Å². The summed E-state index contributed by atoms with van der Waals surface area (Å²) >= 11 is 0. The van der Waals surface area contributed by atoms with Gasteiger partial charge in [-0.2, -0.15) is 5.10 Å². The van der Waals surface area contributed by atoms with E-state index in [1.165, 1.54) is 10.7 Å². The Bertz CT molecular complexity index is 1420. The number of nitrogens with two attached hydrogens (primary N) is 2. The van der Waals surface area contributed by atoms with Crippen molar-refractivity contribution in [2.75, 3.05) is 16.8 Å². The lowest BCUT2D eigenvalue weighted by Gasteiger charge is -2.13. The van der Waals surface area contributed by atoms with E-state index in [1.54, 1.807) is 0 Å². The summed E-state index contributed by atoms with van der Waals surface area (Å²) < 4.78 is 43.7. The molecule has 0 unspecified atom stereocenters. The van der Waals surface area contributed by atoms with Crippen LogP contribution in [-0.4, -0.2) is 30.6 Å². The monoisotopic (exact) mass is 468 g/mol. The molecule has 174 valence electrons. The van der Waals surface area contributed by atoms with E-state index in [-0.39, 0.29) is 57.9 Å². The highest BCUT2D eigenvalue weighted by Crippen LogP contribution is 2.46. The Balaban J connectivity index is 1.59. The fourth-order valence-corrected chi connectivity index (χ4v) is 3.55. The van der Waals surface area contributed by atoms with Gasteiger partial charge < -0.3 is 16.8 Å². The van der Waals surface area contributed by atoms with Crippen LogP contribution in [0.25, 0.3) is 22.6 Å². The molecule has 0 radical (unpaired) electrons. The topological polar surface area (TPSA) is 138 Å². The smallest absolute Gasteiger partial charge is 0.230 e. The Labute approximate surface area is 191 Å². The molecule has 1 fully saturated rings. The molecule has 1 aromatic carbocycles. The molecular weight excluding hydrogens is 449 g/mol. The largest absolute Gasteiger partial charge is 0.382 e. The average molecular weight is 468 g/mol. The molecule has 3 aromatic heterocycles. The average Bonchev–Trinajstić information content (AvgIpc) is 3.44. The van der Waals surface area contributed by atoms with Crippen molar-refractivity contribution in [1.82, 2.24) is 24.7 Å². The predicted molar refractivity (Wildman–Crippen MR) is 119 cm³/mol. The van der Waals surface area contributed by atoms with Crippen molar-refractivity contribution < 1.29 is 18.0 Å². The lowest BCUT2D eigenvalue weighted by molar-refractivity contribution is -0.120. The Hall–Kier alpha value is -4.22. The molecule has 0 saturated heterocycles. The van der Waals surface area contributed by atoms with E-state index in [2.05, 4.69) is 25.4 Å². The van der Waals surface area contributed by atoms with Gasteiger partial charge in [0.2, 0.25) is 5.91 Å². The number of halogens is 3. The van der Waals surface area contributed by atoms with Crippen LogP contribution in [0.3, 0.4) is 0 Å². The molecule has 3 heterocycles. The van der Waals surface area contributed by atoms with Crippen LogP contribution >= 0.6 is 0 Å². The molecule has 9 nitrogen and oxygen atoms in total. The molecule has 12 heteroatoms. The Morgan fingerprint density at radius 2 is 1.79 bits per heavy atom. The number of anilines is 3. The van der Waals surface area contributed by atoms with Crippen molar-refractivity contribution in [2.24, 2.45) is 5.41 Å². The predicted octanol–water partition coefficient (Wildman–Crippen LogP) is 3.26. The molecule has 34 heavy (non-hydrogen) atoms. The summed E-state index contributed by atoms with van der Waals surface area (Å²) in [4.78, 5) is 24.8. The van der Waals surface area contributed by atoms with Gasteiger partial charge in [-0.05, 0) is 31.0 Å². The minimum Gasteiger partial charge on any atom is -0.382 e. The van der Waals surface area contributed by atoms with Crippen LogP contribution in [-0.2, 0) is 11.3 Å². The summed E-state index contributed by atoms with van der Waals surface area (Å²) in [6, 6.07) is 4.64. The summed E-state index contributed by atoms with van der Waals surface area (Å²) in [6.45, 7) is 1.51. The van der Waals surface area contributed by atoms with Crippen molar-refractivity contribution in [3.05, 3.63) is 53.5 Å². The van der Waals surface area contributed by atoms with Crippen LogP contribution in [0.4, 0.5) is 30.5 Å². The number of fused-ring (bicyclic) bond motifs is 1. The molecule has 5 rings (SSSR count). The molecular formula is C22H19F3N8O. The normalized spacial score (nSPS) is 14.4. The molecule has 1 amide bonds. The van der Waals surface area contributed by atoms with E-state index >= 15 is 0 Å². The fraction of sp³-hybridized carbons (Fsp3) is 0.227. The van der Waals surface area contributed by atoms with E-state index in [9.17, 15) is 18.0 Å². The lowest BCUT2D eigenvalue weighted by atomic mass is 10.1. The number of pyridine rings is 1. The number of carbonyl (C=O) groups is 1. The molecule has 5 N–H and O–H groups in total. The molecule has 1 aliphatic rings. The number of amides is 1. The fourth-order valence-electron chi connectivity index (χ4n) is 3.55. The van der Waals surface area contributed by atoms with Gasteiger partial charge in [0.15, 0.2) is 23.1 Å². The molecule has 1 saturated carbocycles. The third-order valence-electron chi connectivity index (χ3n) is 5.89. The number of rotatable bonds is 5. The van der Waals surface area contributed by atoms with E-state index < -0.39 is 22.9 Å². The summed E-state index contributed by atoms with van der Waals surface area (Å²) in [5.74, 6) is -2.69. The molecule has 0 atom stereocenters. The third-order valence-corrected chi connectivity index (χ3v) is 5.89. The number of hydrogen-bond acceptors (Lipinski definition) is 7. The zero-order chi connectivity index (χ0) is 24.2. The van der Waals surface area contributed by atoms with Crippen molar-refractivity contribution in [1.29, 1.82) is 0 Å². The third kappa shape index (κ3) is 3.66. The Kier molecular flexibility index (Phi) is 4.88. The van der Waals surface area contributed by atoms with Gasteiger partial charge in [0.05, 0.1) is 18.1 Å². The molecule has 0 bridgehead atoms. The first kappa shape index (κ1) is 21.6. The van der Waals surface area contributed by atoms with E-state index in [4.69, 9.17) is 11.5 Å². The minimum absolute atomic E-state index is 0.0594. The summed E-state index contributed by atoms with van der Waals surface area (Å²) in [7, 11) is 0. The molecule has 1 aliphatic carbocycles. The SMILES string of the molecule is CC1(C(=O)Nc2c(N)nc(-c3nn(Cc4c(F)cccc4F)c4ncc(F)cc34)nc2N)CC1. The van der Waals surface area contributed by atoms with Gasteiger partial charge in [0, 0.05) is 11.0 Å². The van der Waals surface area contributed by atoms with E-state index in [0.717, 1.165) is 37.2 Å². The van der Waals surface area contributed by atoms with Gasteiger partial charge in [-0.15, -0.1) is 0 Å². The quantitative estimate of drug-likeness (QED) is 0.409. The second-order valence-electron chi connectivity index (χ2n) is 8.44. The van der Waals surface area contributed by atoms with Gasteiger partial charge in [-0.1, -0.05) is 13.0 Å². The maximum atomic E-state index is 14.2. The van der Waals surface area contributed by atoms with Crippen LogP contribution in [0.15, 0.2) is 30.5 Å². The number of nitrogen functional groups attached to an aromatic ring is 2. The van der Waals surface area contributed by atoms with Gasteiger partial charge in [0.25, 0.3) is 0 Å². The Morgan fingerprint density at radius 3 is 2.41 bits per heavy atom. The first-order valence-electron chi connectivity index (χ1n) is 10.4. The number of nitrogens with zero attached hydrogens (tertiary/aromatic N) is 5. The summed E-state index contributed by atoms with van der Waals surface area (Å²) in [5, 5.41) is 7.18. The standard InChI is InChI=1S/C22H19F3N8O/c1-22(5-6-22)21(34)29-16-17(26)30-19(31-18(16)27)15-11-7-10(23)8-28-20(11)33(32-15)9-12-13(24)3-2-4-14(12)25/h2-4,7-8H,5-6,9H2,1H3,(H,29,34)(H4,26,27,30,31). The number of nitrogens with one attached hydrogen (secondary N) is 1. The molecule has 4 aromatic rings. The highest BCUT2D eigenvalue weighted by molar-refractivity contribution is 6.01.